The molecule has 1 N–H and O–H groups in total. The second-order valence-corrected chi connectivity index (χ2v) is 6.21. The normalized spacial score (nSPS) is 17.5. The van der Waals surface area contributed by atoms with Crippen molar-refractivity contribution in [3.63, 3.8) is 0 Å². The Morgan fingerprint density at radius 1 is 1.41 bits per heavy atom. The van der Waals surface area contributed by atoms with E-state index in [-0.39, 0.29) is 11.9 Å². The van der Waals surface area contributed by atoms with Gasteiger partial charge in [0.1, 0.15) is 0 Å². The third kappa shape index (κ3) is 3.28. The molecule has 0 radical (unpaired) electrons. The van der Waals surface area contributed by atoms with Crippen molar-refractivity contribution in [3.05, 3.63) is 23.3 Å². The number of carbonyl (C=O) groups excluding carboxylic acids is 1. The molecular weight excluding hydrogens is 302 g/mol. The minimum absolute atomic E-state index is 0.0705. The van der Waals surface area contributed by atoms with Crippen LogP contribution in [0.4, 0.5) is 11.0 Å². The lowest BCUT2D eigenvalue weighted by Gasteiger charge is -2.37. The zero-order valence-corrected chi connectivity index (χ0v) is 13.5. The van der Waals surface area contributed by atoms with Gasteiger partial charge in [-0.1, -0.05) is 5.16 Å². The predicted molar refractivity (Wildman–Crippen MR) is 85.2 cm³/mol. The first-order valence-corrected chi connectivity index (χ1v) is 8.14. The van der Waals surface area contributed by atoms with Gasteiger partial charge in [-0.2, -0.15) is 0 Å². The van der Waals surface area contributed by atoms with Gasteiger partial charge in [0.15, 0.2) is 5.13 Å². The summed E-state index contributed by atoms with van der Waals surface area (Å²) >= 11 is 1.65. The van der Waals surface area contributed by atoms with E-state index in [0.717, 1.165) is 37.0 Å². The number of thiazole rings is 1. The number of aryl methyl sites for hydroxylation is 1. The highest BCUT2D eigenvalue weighted by Crippen LogP contribution is 2.20. The fourth-order valence-electron chi connectivity index (χ4n) is 2.49. The van der Waals surface area contributed by atoms with Crippen LogP contribution in [0.1, 0.15) is 12.6 Å². The minimum Gasteiger partial charge on any atom is -0.346 e. The van der Waals surface area contributed by atoms with Crippen LogP contribution in [0.3, 0.4) is 0 Å². The highest BCUT2D eigenvalue weighted by atomic mass is 32.1. The molecule has 7 nitrogen and oxygen atoms in total. The van der Waals surface area contributed by atoms with E-state index in [1.165, 1.54) is 0 Å². The molecule has 0 spiro atoms. The number of piperazine rings is 1. The first-order valence-electron chi connectivity index (χ1n) is 7.26. The molecule has 1 amide bonds. The molecule has 3 rings (SSSR count). The van der Waals surface area contributed by atoms with E-state index in [4.69, 9.17) is 4.52 Å². The minimum atomic E-state index is -0.205. The number of nitrogens with one attached hydrogen (secondary N) is 1. The molecule has 118 valence electrons. The molecule has 22 heavy (non-hydrogen) atoms. The van der Waals surface area contributed by atoms with E-state index in [1.54, 1.807) is 17.4 Å². The summed E-state index contributed by atoms with van der Waals surface area (Å²) < 4.78 is 5.02. The van der Waals surface area contributed by atoms with E-state index in [0.29, 0.717) is 5.88 Å². The highest BCUT2D eigenvalue weighted by Gasteiger charge is 2.26. The summed E-state index contributed by atoms with van der Waals surface area (Å²) in [6, 6.07) is 1.51. The van der Waals surface area contributed by atoms with Gasteiger partial charge in [0.2, 0.25) is 11.8 Å². The molecule has 1 aliphatic heterocycles. The topological polar surface area (TPSA) is 74.5 Å². The van der Waals surface area contributed by atoms with Gasteiger partial charge in [-0.15, -0.1) is 11.3 Å². The zero-order chi connectivity index (χ0) is 15.5. The Hall–Kier alpha value is -1.93. The second-order valence-electron chi connectivity index (χ2n) is 5.34. The van der Waals surface area contributed by atoms with Crippen LogP contribution < -0.4 is 10.2 Å². The van der Waals surface area contributed by atoms with Crippen molar-refractivity contribution in [2.24, 2.45) is 0 Å². The Morgan fingerprint density at radius 2 is 2.18 bits per heavy atom. The van der Waals surface area contributed by atoms with Crippen LogP contribution in [0.5, 0.6) is 0 Å². The smallest absolute Gasteiger partial charge is 0.243 e. The molecule has 8 heteroatoms. The maximum absolute atomic E-state index is 12.3. The molecule has 0 aromatic carbocycles. The van der Waals surface area contributed by atoms with Crippen LogP contribution >= 0.6 is 11.3 Å². The standard InChI is InChI=1S/C14H19N5O2S/c1-10-9-12(21-17-10)16-13(20)11(2)18-4-6-19(7-5-18)14-15-3-8-22-14/h3,8-9,11H,4-7H2,1-2H3,(H,16,20)/t11-/m0/s1. The summed E-state index contributed by atoms with van der Waals surface area (Å²) in [5, 5.41) is 9.56. The number of hydrogen-bond donors (Lipinski definition) is 1. The summed E-state index contributed by atoms with van der Waals surface area (Å²) in [6.07, 6.45) is 1.82. The SMILES string of the molecule is Cc1cc(NC(=O)[C@H](C)N2CCN(c3nccs3)CC2)on1. The lowest BCUT2D eigenvalue weighted by molar-refractivity contribution is -0.121. The van der Waals surface area contributed by atoms with Gasteiger partial charge in [0.05, 0.1) is 11.7 Å². The lowest BCUT2D eigenvalue weighted by atomic mass is 10.2. The van der Waals surface area contributed by atoms with Gasteiger partial charge in [-0.3, -0.25) is 15.0 Å². The van der Waals surface area contributed by atoms with Gasteiger partial charge in [-0.25, -0.2) is 4.98 Å². The van der Waals surface area contributed by atoms with Crippen LogP contribution in [0.2, 0.25) is 0 Å². The summed E-state index contributed by atoms with van der Waals surface area (Å²) in [4.78, 5) is 21.0. The molecule has 0 aliphatic carbocycles. The van der Waals surface area contributed by atoms with Crippen molar-refractivity contribution in [1.82, 2.24) is 15.0 Å². The van der Waals surface area contributed by atoms with E-state index >= 15 is 0 Å². The fraction of sp³-hybridized carbons (Fsp3) is 0.500. The molecule has 0 bridgehead atoms. The summed E-state index contributed by atoms with van der Waals surface area (Å²) in [5.41, 5.74) is 0.750. The molecule has 1 atom stereocenters. The number of rotatable bonds is 4. The van der Waals surface area contributed by atoms with E-state index in [1.807, 2.05) is 25.4 Å². The van der Waals surface area contributed by atoms with Crippen molar-refractivity contribution >= 4 is 28.3 Å². The van der Waals surface area contributed by atoms with Crippen LogP contribution in [0.25, 0.3) is 0 Å². The summed E-state index contributed by atoms with van der Waals surface area (Å²) in [7, 11) is 0. The third-order valence-corrected chi connectivity index (χ3v) is 4.64. The van der Waals surface area contributed by atoms with Crippen LogP contribution in [-0.4, -0.2) is 53.2 Å². The number of anilines is 2. The number of nitrogens with zero attached hydrogens (tertiary/aromatic N) is 4. The molecular formula is C14H19N5O2S. The molecule has 1 aliphatic rings. The van der Waals surface area contributed by atoms with E-state index < -0.39 is 0 Å². The molecule has 0 unspecified atom stereocenters. The number of aromatic nitrogens is 2. The van der Waals surface area contributed by atoms with Gasteiger partial charge in [0.25, 0.3) is 0 Å². The number of hydrogen-bond acceptors (Lipinski definition) is 7. The van der Waals surface area contributed by atoms with E-state index in [9.17, 15) is 4.79 Å². The monoisotopic (exact) mass is 321 g/mol. The first kappa shape index (κ1) is 15.0. The molecule has 2 aromatic heterocycles. The first-order chi connectivity index (χ1) is 10.6. The van der Waals surface area contributed by atoms with Crippen molar-refractivity contribution in [2.75, 3.05) is 36.4 Å². The number of carbonyl (C=O) groups is 1. The van der Waals surface area contributed by atoms with Gasteiger partial charge in [0, 0.05) is 43.8 Å². The van der Waals surface area contributed by atoms with Crippen LogP contribution in [-0.2, 0) is 4.79 Å². The number of amides is 1. The molecule has 1 fully saturated rings. The Labute approximate surface area is 132 Å². The maximum Gasteiger partial charge on any atom is 0.243 e. The molecule has 0 saturated carbocycles. The van der Waals surface area contributed by atoms with Crippen molar-refractivity contribution < 1.29 is 9.32 Å². The highest BCUT2D eigenvalue weighted by molar-refractivity contribution is 7.13. The zero-order valence-electron chi connectivity index (χ0n) is 12.7. The van der Waals surface area contributed by atoms with Gasteiger partial charge in [-0.05, 0) is 13.8 Å². The molecule has 2 aromatic rings. The van der Waals surface area contributed by atoms with Crippen LogP contribution in [0, 0.1) is 6.92 Å². The van der Waals surface area contributed by atoms with Gasteiger partial charge < -0.3 is 9.42 Å². The van der Waals surface area contributed by atoms with Crippen LogP contribution in [0.15, 0.2) is 22.2 Å². The quantitative estimate of drug-likeness (QED) is 0.922. The fourth-order valence-corrected chi connectivity index (χ4v) is 3.18. The average molecular weight is 321 g/mol. The van der Waals surface area contributed by atoms with Crippen molar-refractivity contribution in [3.8, 4) is 0 Å². The predicted octanol–water partition coefficient (Wildman–Crippen LogP) is 1.59. The molecule has 1 saturated heterocycles. The lowest BCUT2D eigenvalue weighted by Crippen LogP contribution is -2.52. The van der Waals surface area contributed by atoms with E-state index in [2.05, 4.69) is 25.3 Å². The maximum atomic E-state index is 12.3. The second kappa shape index (κ2) is 6.45. The largest absolute Gasteiger partial charge is 0.346 e. The average Bonchev–Trinajstić information content (AvgIpc) is 3.18. The Balaban J connectivity index is 1.53. The molecule has 3 heterocycles. The van der Waals surface area contributed by atoms with Crippen molar-refractivity contribution in [1.29, 1.82) is 0 Å². The summed E-state index contributed by atoms with van der Waals surface area (Å²) in [5.74, 6) is 0.328. The Kier molecular flexibility index (Phi) is 4.39. The van der Waals surface area contributed by atoms with Gasteiger partial charge >= 0.3 is 0 Å². The third-order valence-electron chi connectivity index (χ3n) is 3.81. The Bertz CT molecular complexity index is 619. The van der Waals surface area contributed by atoms with Crippen molar-refractivity contribution in [2.45, 2.75) is 19.9 Å². The Morgan fingerprint density at radius 3 is 2.77 bits per heavy atom. The summed E-state index contributed by atoms with van der Waals surface area (Å²) in [6.45, 7) is 7.17.